The number of aromatic nitrogens is 2. The van der Waals surface area contributed by atoms with E-state index in [-0.39, 0.29) is 4.90 Å². The molecule has 0 atom stereocenters. The lowest BCUT2D eigenvalue weighted by Gasteiger charge is -2.34. The van der Waals surface area contributed by atoms with Crippen molar-refractivity contribution in [2.24, 2.45) is 0 Å². The number of halogens is 1. The summed E-state index contributed by atoms with van der Waals surface area (Å²) < 4.78 is 40.8. The minimum Gasteiger partial charge on any atom is -0.356 e. The van der Waals surface area contributed by atoms with Gasteiger partial charge in [0, 0.05) is 51.0 Å². The maximum Gasteiger partial charge on any atom is 0.243 e. The minimum atomic E-state index is -3.65. The molecular weight excluding hydrogens is 393 g/mol. The Morgan fingerprint density at radius 2 is 1.59 bits per heavy atom. The average Bonchev–Trinajstić information content (AvgIpc) is 3.22. The number of hydrogen-bond donors (Lipinski definition) is 0. The lowest BCUT2D eigenvalue weighted by Crippen LogP contribution is -2.49. The van der Waals surface area contributed by atoms with Crippen LogP contribution < -0.4 is 9.80 Å². The van der Waals surface area contributed by atoms with Crippen LogP contribution in [0, 0.1) is 19.7 Å². The lowest BCUT2D eigenvalue weighted by molar-refractivity contribution is 0.382. The third-order valence-corrected chi connectivity index (χ3v) is 7.59. The van der Waals surface area contributed by atoms with Crippen molar-refractivity contribution in [3.63, 3.8) is 0 Å². The van der Waals surface area contributed by atoms with Gasteiger partial charge in [0.1, 0.15) is 11.6 Å². The molecule has 2 saturated heterocycles. The summed E-state index contributed by atoms with van der Waals surface area (Å²) >= 11 is 0. The van der Waals surface area contributed by atoms with Crippen molar-refractivity contribution in [2.75, 3.05) is 49.1 Å². The number of hydrogen-bond acceptors (Lipinski definition) is 6. The van der Waals surface area contributed by atoms with Gasteiger partial charge in [-0.2, -0.15) is 9.29 Å². The predicted molar refractivity (Wildman–Crippen MR) is 110 cm³/mol. The van der Waals surface area contributed by atoms with E-state index in [9.17, 15) is 12.8 Å². The van der Waals surface area contributed by atoms with Crippen LogP contribution in [0.4, 0.5) is 16.2 Å². The first-order chi connectivity index (χ1) is 13.8. The highest BCUT2D eigenvalue weighted by atomic mass is 32.2. The summed E-state index contributed by atoms with van der Waals surface area (Å²) in [4.78, 5) is 13.8. The van der Waals surface area contributed by atoms with Gasteiger partial charge in [0.2, 0.25) is 16.0 Å². The highest BCUT2D eigenvalue weighted by Gasteiger charge is 2.30. The molecular formula is C20H26FN5O2S. The van der Waals surface area contributed by atoms with Crippen molar-refractivity contribution < 1.29 is 12.8 Å². The molecule has 156 valence electrons. The Morgan fingerprint density at radius 3 is 2.24 bits per heavy atom. The molecule has 2 aromatic rings. The third kappa shape index (κ3) is 4.06. The first-order valence-electron chi connectivity index (χ1n) is 9.96. The fourth-order valence-electron chi connectivity index (χ4n) is 3.96. The van der Waals surface area contributed by atoms with Crippen molar-refractivity contribution in [3.05, 3.63) is 41.3 Å². The van der Waals surface area contributed by atoms with Crippen LogP contribution in [0.25, 0.3) is 0 Å². The smallest absolute Gasteiger partial charge is 0.243 e. The number of benzene rings is 1. The van der Waals surface area contributed by atoms with Crippen molar-refractivity contribution in [1.82, 2.24) is 14.3 Å². The molecule has 2 aliphatic rings. The van der Waals surface area contributed by atoms with Gasteiger partial charge < -0.3 is 9.80 Å². The highest BCUT2D eigenvalue weighted by Crippen LogP contribution is 2.25. The van der Waals surface area contributed by atoms with E-state index in [0.717, 1.165) is 24.6 Å². The summed E-state index contributed by atoms with van der Waals surface area (Å²) in [7, 11) is -3.65. The molecule has 2 fully saturated rings. The zero-order valence-corrected chi connectivity index (χ0v) is 17.6. The van der Waals surface area contributed by atoms with Gasteiger partial charge >= 0.3 is 0 Å². The minimum absolute atomic E-state index is 0.162. The second kappa shape index (κ2) is 7.87. The molecule has 7 nitrogen and oxygen atoms in total. The topological polar surface area (TPSA) is 69.6 Å². The monoisotopic (exact) mass is 419 g/mol. The number of aryl methyl sites for hydroxylation is 2. The quantitative estimate of drug-likeness (QED) is 0.758. The molecule has 2 aliphatic heterocycles. The van der Waals surface area contributed by atoms with E-state index in [1.165, 1.54) is 35.3 Å². The van der Waals surface area contributed by atoms with Crippen LogP contribution in [0.15, 0.2) is 29.2 Å². The predicted octanol–water partition coefficient (Wildman–Crippen LogP) is 2.34. The number of sulfonamides is 1. The Balaban J connectivity index is 1.49. The molecule has 0 N–H and O–H groups in total. The highest BCUT2D eigenvalue weighted by molar-refractivity contribution is 7.89. The molecule has 4 rings (SSSR count). The zero-order chi connectivity index (χ0) is 20.6. The first kappa shape index (κ1) is 20.0. The Labute approximate surface area is 171 Å². The maximum absolute atomic E-state index is 13.4. The number of anilines is 2. The summed E-state index contributed by atoms with van der Waals surface area (Å²) in [5.74, 6) is 1.17. The molecule has 0 spiro atoms. The van der Waals surface area contributed by atoms with Crippen LogP contribution in [-0.4, -0.2) is 62.0 Å². The van der Waals surface area contributed by atoms with Crippen LogP contribution in [0.3, 0.4) is 0 Å². The van der Waals surface area contributed by atoms with Gasteiger partial charge in [-0.25, -0.2) is 17.8 Å². The molecule has 3 heterocycles. The van der Waals surface area contributed by atoms with Crippen LogP contribution in [0.2, 0.25) is 0 Å². The van der Waals surface area contributed by atoms with Crippen LogP contribution >= 0.6 is 0 Å². The maximum atomic E-state index is 13.4. The van der Waals surface area contributed by atoms with Crippen LogP contribution in [0.5, 0.6) is 0 Å². The third-order valence-electron chi connectivity index (χ3n) is 5.54. The lowest BCUT2D eigenvalue weighted by atomic mass is 10.2. The Bertz CT molecular complexity index is 1000. The van der Waals surface area contributed by atoms with Gasteiger partial charge in [-0.05, 0) is 50.5 Å². The van der Waals surface area contributed by atoms with E-state index in [1.54, 1.807) is 6.92 Å². The zero-order valence-electron chi connectivity index (χ0n) is 16.8. The molecule has 0 amide bonds. The molecule has 0 saturated carbocycles. The van der Waals surface area contributed by atoms with E-state index in [2.05, 4.69) is 9.88 Å². The first-order valence-corrected chi connectivity index (χ1v) is 11.4. The Kier molecular flexibility index (Phi) is 5.44. The standard InChI is InChI=1S/C20H26FN5O2S/c1-15-13-17(21)5-6-18(15)29(27,28)26-11-9-25(10-12-26)20-22-16(2)14-19(23-20)24-7-3-4-8-24/h5-6,13-14H,3-4,7-12H2,1-2H3. The van der Waals surface area contributed by atoms with E-state index in [4.69, 9.17) is 4.98 Å². The van der Waals surface area contributed by atoms with Crippen molar-refractivity contribution in [2.45, 2.75) is 31.6 Å². The Hall–Kier alpha value is -2.26. The second-order valence-electron chi connectivity index (χ2n) is 7.66. The summed E-state index contributed by atoms with van der Waals surface area (Å²) in [6.07, 6.45) is 2.36. The molecule has 1 aromatic heterocycles. The molecule has 9 heteroatoms. The van der Waals surface area contributed by atoms with E-state index in [0.29, 0.717) is 37.7 Å². The van der Waals surface area contributed by atoms with Gasteiger partial charge in [0.05, 0.1) is 4.90 Å². The normalized spacial score (nSPS) is 18.4. The van der Waals surface area contributed by atoms with Gasteiger partial charge in [-0.15, -0.1) is 0 Å². The van der Waals surface area contributed by atoms with Crippen molar-refractivity contribution in [1.29, 1.82) is 0 Å². The Morgan fingerprint density at radius 1 is 0.897 bits per heavy atom. The van der Waals surface area contributed by atoms with Gasteiger partial charge in [-0.1, -0.05) is 0 Å². The number of nitrogens with zero attached hydrogens (tertiary/aromatic N) is 5. The van der Waals surface area contributed by atoms with Crippen LogP contribution in [0.1, 0.15) is 24.1 Å². The summed E-state index contributed by atoms with van der Waals surface area (Å²) in [5, 5.41) is 0. The van der Waals surface area contributed by atoms with E-state index in [1.807, 2.05) is 17.9 Å². The molecule has 0 unspecified atom stereocenters. The van der Waals surface area contributed by atoms with Crippen LogP contribution in [-0.2, 0) is 10.0 Å². The van der Waals surface area contributed by atoms with Crippen molar-refractivity contribution in [3.8, 4) is 0 Å². The number of piperazine rings is 1. The molecule has 0 radical (unpaired) electrons. The van der Waals surface area contributed by atoms with E-state index < -0.39 is 15.8 Å². The average molecular weight is 420 g/mol. The largest absolute Gasteiger partial charge is 0.356 e. The summed E-state index contributed by atoms with van der Waals surface area (Å²) in [6, 6.07) is 5.80. The number of rotatable bonds is 4. The van der Waals surface area contributed by atoms with Crippen molar-refractivity contribution >= 4 is 21.8 Å². The molecule has 0 bridgehead atoms. The van der Waals surface area contributed by atoms with Gasteiger partial charge in [0.25, 0.3) is 0 Å². The van der Waals surface area contributed by atoms with Gasteiger partial charge in [-0.3, -0.25) is 0 Å². The van der Waals surface area contributed by atoms with E-state index >= 15 is 0 Å². The summed E-state index contributed by atoms with van der Waals surface area (Å²) in [6.45, 7) is 7.32. The molecule has 29 heavy (non-hydrogen) atoms. The van der Waals surface area contributed by atoms with Gasteiger partial charge in [0.15, 0.2) is 0 Å². The molecule has 1 aromatic carbocycles. The fraction of sp³-hybridized carbons (Fsp3) is 0.500. The molecule has 0 aliphatic carbocycles. The SMILES string of the molecule is Cc1cc(N2CCCC2)nc(N2CCN(S(=O)(=O)c3ccc(F)cc3C)CC2)n1. The second-order valence-corrected chi connectivity index (χ2v) is 9.57. The fourth-order valence-corrected chi connectivity index (χ4v) is 5.58. The summed E-state index contributed by atoms with van der Waals surface area (Å²) in [5.41, 5.74) is 1.33.